The first-order valence-corrected chi connectivity index (χ1v) is 7.40. The van der Waals surface area contributed by atoms with E-state index in [1.807, 2.05) is 0 Å². The van der Waals surface area contributed by atoms with Crippen molar-refractivity contribution in [3.8, 4) is 0 Å². The van der Waals surface area contributed by atoms with Gasteiger partial charge in [0.15, 0.2) is 0 Å². The maximum Gasteiger partial charge on any atom is 0.327 e. The molecule has 0 aliphatic carbocycles. The van der Waals surface area contributed by atoms with Crippen molar-refractivity contribution in [2.24, 2.45) is 0 Å². The van der Waals surface area contributed by atoms with Crippen molar-refractivity contribution in [2.75, 3.05) is 24.6 Å². The summed E-state index contributed by atoms with van der Waals surface area (Å²) in [4.78, 5) is 36.1. The number of carbonyl (C=O) groups excluding carboxylic acids is 2. The molecule has 3 amide bonds. The van der Waals surface area contributed by atoms with Gasteiger partial charge in [-0.1, -0.05) is 0 Å². The number of rotatable bonds is 2. The van der Waals surface area contributed by atoms with Crippen LogP contribution in [0.5, 0.6) is 0 Å². The third-order valence-electron chi connectivity index (χ3n) is 3.26. The van der Waals surface area contributed by atoms with Crippen molar-refractivity contribution in [1.29, 1.82) is 0 Å². The Labute approximate surface area is 115 Å². The van der Waals surface area contributed by atoms with Gasteiger partial charge >= 0.3 is 12.0 Å². The van der Waals surface area contributed by atoms with E-state index in [9.17, 15) is 14.4 Å². The van der Waals surface area contributed by atoms with Crippen LogP contribution in [0, 0.1) is 0 Å². The first-order chi connectivity index (χ1) is 9.09. The van der Waals surface area contributed by atoms with Crippen molar-refractivity contribution in [2.45, 2.75) is 24.9 Å². The van der Waals surface area contributed by atoms with Gasteiger partial charge in [-0.15, -0.1) is 0 Å². The number of urea groups is 1. The number of aliphatic carboxylic acids is 1. The summed E-state index contributed by atoms with van der Waals surface area (Å²) >= 11 is 1.52. The van der Waals surface area contributed by atoms with Gasteiger partial charge in [-0.25, -0.2) is 9.59 Å². The second-order valence-electron chi connectivity index (χ2n) is 4.56. The zero-order valence-corrected chi connectivity index (χ0v) is 11.2. The Morgan fingerprint density at radius 3 is 2.95 bits per heavy atom. The number of nitrogens with one attached hydrogen (secondary N) is 2. The van der Waals surface area contributed by atoms with Crippen LogP contribution in [0.2, 0.25) is 0 Å². The molecule has 8 heteroatoms. The molecule has 0 spiro atoms. The van der Waals surface area contributed by atoms with E-state index in [4.69, 9.17) is 5.11 Å². The summed E-state index contributed by atoms with van der Waals surface area (Å²) in [5, 5.41) is 14.4. The number of carboxylic acid groups (broad SMARTS) is 1. The molecule has 0 saturated carbocycles. The number of carboxylic acids is 1. The molecule has 0 aromatic rings. The lowest BCUT2D eigenvalue weighted by molar-refractivity contribution is -0.141. The van der Waals surface area contributed by atoms with Crippen LogP contribution in [-0.4, -0.2) is 64.6 Å². The topological polar surface area (TPSA) is 98.7 Å². The lowest BCUT2D eigenvalue weighted by atomic mass is 10.1. The maximum atomic E-state index is 12.1. The molecule has 19 heavy (non-hydrogen) atoms. The maximum absolute atomic E-state index is 12.1. The molecule has 2 atom stereocenters. The van der Waals surface area contributed by atoms with Crippen LogP contribution in [0.1, 0.15) is 12.8 Å². The summed E-state index contributed by atoms with van der Waals surface area (Å²) in [5.74, 6) is -0.0958. The first kappa shape index (κ1) is 14.0. The van der Waals surface area contributed by atoms with Crippen molar-refractivity contribution in [1.82, 2.24) is 15.5 Å². The summed E-state index contributed by atoms with van der Waals surface area (Å²) < 4.78 is 0. The van der Waals surface area contributed by atoms with Gasteiger partial charge in [0.25, 0.3) is 0 Å². The zero-order valence-electron chi connectivity index (χ0n) is 10.4. The van der Waals surface area contributed by atoms with Gasteiger partial charge in [0.2, 0.25) is 5.91 Å². The molecule has 106 valence electrons. The Morgan fingerprint density at radius 1 is 1.47 bits per heavy atom. The Morgan fingerprint density at radius 2 is 2.26 bits per heavy atom. The fourth-order valence-corrected chi connectivity index (χ4v) is 3.23. The second-order valence-corrected chi connectivity index (χ2v) is 5.71. The molecular formula is C11H17N3O4S. The van der Waals surface area contributed by atoms with E-state index < -0.39 is 24.1 Å². The molecule has 2 heterocycles. The zero-order chi connectivity index (χ0) is 13.8. The highest BCUT2D eigenvalue weighted by Crippen LogP contribution is 2.17. The number of nitrogens with zero attached hydrogens (tertiary/aromatic N) is 1. The summed E-state index contributed by atoms with van der Waals surface area (Å²) in [6.45, 7) is 1.02. The molecule has 0 bridgehead atoms. The third kappa shape index (κ3) is 3.31. The van der Waals surface area contributed by atoms with Gasteiger partial charge in [0, 0.05) is 24.6 Å². The van der Waals surface area contributed by atoms with Crippen LogP contribution >= 0.6 is 11.8 Å². The number of amides is 3. The number of piperidine rings is 1. The molecule has 2 saturated heterocycles. The second kappa shape index (κ2) is 6.14. The van der Waals surface area contributed by atoms with Crippen LogP contribution in [0.15, 0.2) is 0 Å². The quantitative estimate of drug-likeness (QED) is 0.634. The molecule has 2 aliphatic rings. The predicted molar refractivity (Wildman–Crippen MR) is 70.0 cm³/mol. The average molecular weight is 287 g/mol. The molecule has 0 aromatic carbocycles. The molecule has 2 fully saturated rings. The number of hydrogen-bond acceptors (Lipinski definition) is 4. The summed E-state index contributed by atoms with van der Waals surface area (Å²) in [7, 11) is 0. The standard InChI is InChI=1S/C11H17N3O4S/c15-9-7(2-1-3-12-9)13-11(18)14-4-5-19-6-8(14)10(16)17/h7-8H,1-6H2,(H,12,15)(H,13,18)(H,16,17). The lowest BCUT2D eigenvalue weighted by Crippen LogP contribution is -2.58. The molecule has 2 aliphatic heterocycles. The van der Waals surface area contributed by atoms with Crippen molar-refractivity contribution < 1.29 is 19.5 Å². The molecule has 2 unspecified atom stereocenters. The SMILES string of the molecule is O=C1NCCCC1NC(=O)N1CCSCC1C(=O)O. The van der Waals surface area contributed by atoms with Crippen LogP contribution in [0.4, 0.5) is 4.79 Å². The number of carbonyl (C=O) groups is 3. The van der Waals surface area contributed by atoms with Crippen molar-refractivity contribution in [3.63, 3.8) is 0 Å². The summed E-state index contributed by atoms with van der Waals surface area (Å²) in [5.41, 5.74) is 0. The highest BCUT2D eigenvalue weighted by Gasteiger charge is 2.34. The lowest BCUT2D eigenvalue weighted by Gasteiger charge is -2.34. The Balaban J connectivity index is 1.97. The van der Waals surface area contributed by atoms with Gasteiger partial charge in [-0.2, -0.15) is 11.8 Å². The minimum absolute atomic E-state index is 0.196. The molecule has 0 aromatic heterocycles. The molecule has 0 radical (unpaired) electrons. The predicted octanol–water partition coefficient (Wildman–Crippen LogP) is -0.523. The van der Waals surface area contributed by atoms with Gasteiger partial charge in [-0.05, 0) is 12.8 Å². The molecule has 7 nitrogen and oxygen atoms in total. The van der Waals surface area contributed by atoms with E-state index in [1.54, 1.807) is 0 Å². The average Bonchev–Trinajstić information content (AvgIpc) is 2.41. The largest absolute Gasteiger partial charge is 0.480 e. The monoisotopic (exact) mass is 287 g/mol. The number of thioether (sulfide) groups is 1. The van der Waals surface area contributed by atoms with Gasteiger partial charge < -0.3 is 20.6 Å². The molecule has 2 rings (SSSR count). The Bertz CT molecular complexity index is 390. The van der Waals surface area contributed by atoms with E-state index in [0.717, 1.165) is 6.42 Å². The van der Waals surface area contributed by atoms with Crippen molar-refractivity contribution >= 4 is 29.7 Å². The Hall–Kier alpha value is -1.44. The van der Waals surface area contributed by atoms with E-state index in [0.29, 0.717) is 31.0 Å². The van der Waals surface area contributed by atoms with Crippen LogP contribution in [-0.2, 0) is 9.59 Å². The van der Waals surface area contributed by atoms with Crippen molar-refractivity contribution in [3.05, 3.63) is 0 Å². The van der Waals surface area contributed by atoms with Gasteiger partial charge in [0.05, 0.1) is 0 Å². The van der Waals surface area contributed by atoms with Gasteiger partial charge in [0.1, 0.15) is 12.1 Å². The fraction of sp³-hybridized carbons (Fsp3) is 0.727. The first-order valence-electron chi connectivity index (χ1n) is 6.25. The van der Waals surface area contributed by atoms with Crippen LogP contribution in [0.3, 0.4) is 0 Å². The molecule has 3 N–H and O–H groups in total. The van der Waals surface area contributed by atoms with E-state index in [-0.39, 0.29) is 5.91 Å². The Kier molecular flexibility index (Phi) is 4.52. The smallest absolute Gasteiger partial charge is 0.327 e. The van der Waals surface area contributed by atoms with Gasteiger partial charge in [-0.3, -0.25) is 4.79 Å². The van der Waals surface area contributed by atoms with Crippen LogP contribution in [0.25, 0.3) is 0 Å². The fourth-order valence-electron chi connectivity index (χ4n) is 2.19. The van der Waals surface area contributed by atoms with E-state index in [1.165, 1.54) is 16.7 Å². The summed E-state index contributed by atoms with van der Waals surface area (Å²) in [6, 6.07) is -1.83. The minimum atomic E-state index is -1.00. The van der Waals surface area contributed by atoms with Crippen LogP contribution < -0.4 is 10.6 Å². The highest BCUT2D eigenvalue weighted by molar-refractivity contribution is 7.99. The number of hydrogen-bond donors (Lipinski definition) is 3. The van der Waals surface area contributed by atoms with E-state index >= 15 is 0 Å². The minimum Gasteiger partial charge on any atom is -0.480 e. The third-order valence-corrected chi connectivity index (χ3v) is 4.28. The molecular weight excluding hydrogens is 270 g/mol. The summed E-state index contributed by atoms with van der Waals surface area (Å²) in [6.07, 6.45) is 1.41. The normalized spacial score (nSPS) is 27.6. The highest BCUT2D eigenvalue weighted by atomic mass is 32.2. The van der Waals surface area contributed by atoms with E-state index in [2.05, 4.69) is 10.6 Å².